The van der Waals surface area contributed by atoms with Gasteiger partial charge in [-0.2, -0.15) is 0 Å². The third-order valence-electron chi connectivity index (χ3n) is 6.53. The van der Waals surface area contributed by atoms with Crippen LogP contribution in [0.25, 0.3) is 33.1 Å². The summed E-state index contributed by atoms with van der Waals surface area (Å²) in [5, 5.41) is 23.4. The summed E-state index contributed by atoms with van der Waals surface area (Å²) in [7, 11) is 0. The second kappa shape index (κ2) is 8.92. The van der Waals surface area contributed by atoms with Gasteiger partial charge in [-0.15, -0.1) is 0 Å². The van der Waals surface area contributed by atoms with E-state index in [-0.39, 0.29) is 29.7 Å². The van der Waals surface area contributed by atoms with Crippen molar-refractivity contribution in [2.75, 3.05) is 5.73 Å². The van der Waals surface area contributed by atoms with Crippen LogP contribution in [-0.4, -0.2) is 41.8 Å². The van der Waals surface area contributed by atoms with Crippen molar-refractivity contribution in [2.45, 2.75) is 12.3 Å². The molecule has 0 aliphatic heterocycles. The molecule has 11 nitrogen and oxygen atoms in total. The standard InChI is InChI=1S/C26H20BrN7O4/c27-11-1-3-13-16(8-29-18(13)5-11)22-20(7-15(25(37)38)21-10-31-26(28)33-21)32-24(34-22)23(36)17-9-30-19-6-12(35)2-4-14(17)19/h1-6,8-10,15,29-30,35H,7H2,(H,32,34)(H,37,38)(H3,28,31,33). The first kappa shape index (κ1) is 23.6. The monoisotopic (exact) mass is 573 g/mol. The zero-order valence-corrected chi connectivity index (χ0v) is 21.1. The first-order valence-corrected chi connectivity index (χ1v) is 12.4. The molecule has 2 aromatic carbocycles. The van der Waals surface area contributed by atoms with Gasteiger partial charge < -0.3 is 30.0 Å². The summed E-state index contributed by atoms with van der Waals surface area (Å²) >= 11 is 3.46. The highest BCUT2D eigenvalue weighted by atomic mass is 79.9. The molecular weight excluding hydrogens is 554 g/mol. The Morgan fingerprint density at radius 2 is 1.84 bits per heavy atom. The molecule has 4 aromatic heterocycles. The highest BCUT2D eigenvalue weighted by molar-refractivity contribution is 9.10. The van der Waals surface area contributed by atoms with Crippen LogP contribution in [0.5, 0.6) is 5.75 Å². The normalized spacial score (nSPS) is 12.3. The second-order valence-electron chi connectivity index (χ2n) is 8.92. The van der Waals surface area contributed by atoms with E-state index in [9.17, 15) is 19.8 Å². The molecule has 0 saturated carbocycles. The van der Waals surface area contributed by atoms with Gasteiger partial charge in [-0.3, -0.25) is 10.5 Å². The fourth-order valence-electron chi connectivity index (χ4n) is 4.71. The van der Waals surface area contributed by atoms with Crippen LogP contribution < -0.4 is 15.8 Å². The number of hydrogen-bond donors (Lipinski definition) is 6. The van der Waals surface area contributed by atoms with Gasteiger partial charge >= 0.3 is 5.95 Å². The van der Waals surface area contributed by atoms with Crippen molar-refractivity contribution in [3.8, 4) is 17.0 Å². The molecule has 0 aliphatic carbocycles. The number of aromatic nitrogens is 6. The Bertz CT molecular complexity index is 1860. The van der Waals surface area contributed by atoms with Gasteiger partial charge in [-0.25, -0.2) is 15.0 Å². The van der Waals surface area contributed by atoms with Crippen LogP contribution in [0, 0.1) is 0 Å². The zero-order valence-electron chi connectivity index (χ0n) is 19.6. The summed E-state index contributed by atoms with van der Waals surface area (Å²) in [4.78, 5) is 45.2. The number of H-pyrrole nitrogens is 5. The lowest BCUT2D eigenvalue weighted by Crippen LogP contribution is -2.31. The summed E-state index contributed by atoms with van der Waals surface area (Å²) in [5.74, 6) is -2.47. The number of nitrogens with one attached hydrogen (secondary N) is 5. The Kier molecular flexibility index (Phi) is 5.53. The van der Waals surface area contributed by atoms with Crippen LogP contribution in [0.15, 0.2) is 59.5 Å². The molecule has 0 fully saturated rings. The number of nitrogens with two attached hydrogens (primary N) is 1. The van der Waals surface area contributed by atoms with Gasteiger partial charge in [0.2, 0.25) is 5.78 Å². The van der Waals surface area contributed by atoms with Gasteiger partial charge in [0.25, 0.3) is 0 Å². The molecule has 0 saturated heterocycles. The molecule has 0 radical (unpaired) electrons. The van der Waals surface area contributed by atoms with Gasteiger partial charge in [0, 0.05) is 62.4 Å². The van der Waals surface area contributed by atoms with Crippen molar-refractivity contribution < 1.29 is 24.8 Å². The van der Waals surface area contributed by atoms with Gasteiger partial charge in [0.05, 0.1) is 29.3 Å². The van der Waals surface area contributed by atoms with E-state index in [1.54, 1.807) is 18.5 Å². The number of benzene rings is 2. The van der Waals surface area contributed by atoms with E-state index in [4.69, 9.17) is 5.73 Å². The summed E-state index contributed by atoms with van der Waals surface area (Å²) in [6.07, 6.45) is 4.76. The molecule has 190 valence electrons. The first-order chi connectivity index (χ1) is 18.3. The number of nitrogen functional groups attached to an aromatic ring is 1. The van der Waals surface area contributed by atoms with Crippen LogP contribution >= 0.6 is 15.9 Å². The molecule has 0 spiro atoms. The third kappa shape index (κ3) is 4.00. The SMILES string of the molecule is Nc1[nH]c(C(Cc2[nH]c(C(=O)c3c[nH]c4cc(O)ccc34)nc2-c2c[nH]c3cc(Br)ccc23)C(=O)[O-])c[nH+]1. The smallest absolute Gasteiger partial charge is 0.350 e. The number of ketones is 1. The van der Waals surface area contributed by atoms with E-state index < -0.39 is 11.9 Å². The Hall–Kier alpha value is -4.84. The number of carboxylic acid groups (broad SMARTS) is 1. The minimum Gasteiger partial charge on any atom is -0.549 e. The first-order valence-electron chi connectivity index (χ1n) is 11.6. The Labute approximate surface area is 222 Å². The quantitative estimate of drug-likeness (QED) is 0.159. The van der Waals surface area contributed by atoms with Crippen molar-refractivity contribution >= 4 is 55.4 Å². The second-order valence-corrected chi connectivity index (χ2v) is 9.84. The number of phenols is 1. The molecule has 4 heterocycles. The lowest BCUT2D eigenvalue weighted by Gasteiger charge is -2.14. The number of phenolic OH excluding ortho intramolecular Hbond substituents is 1. The number of carbonyl (C=O) groups excluding carboxylic acids is 2. The highest BCUT2D eigenvalue weighted by Crippen LogP contribution is 2.34. The molecule has 0 amide bonds. The number of aromatic hydroxyl groups is 1. The van der Waals surface area contributed by atoms with Crippen molar-refractivity contribution in [1.29, 1.82) is 0 Å². The van der Waals surface area contributed by atoms with Crippen LogP contribution in [0.2, 0.25) is 0 Å². The number of nitrogens with zero attached hydrogens (tertiary/aromatic N) is 1. The Balaban J connectivity index is 1.48. The molecule has 0 aliphatic rings. The number of halogens is 1. The number of anilines is 1. The number of aliphatic carboxylic acids is 1. The molecule has 12 heteroatoms. The number of carboxylic acids is 1. The van der Waals surface area contributed by atoms with E-state index in [0.717, 1.165) is 15.4 Å². The lowest BCUT2D eigenvalue weighted by atomic mass is 9.97. The molecule has 8 N–H and O–H groups in total. The molecule has 6 rings (SSSR count). The summed E-state index contributed by atoms with van der Waals surface area (Å²) in [5.41, 5.74) is 9.44. The van der Waals surface area contributed by atoms with Crippen molar-refractivity contribution in [3.05, 3.63) is 82.2 Å². The number of imidazole rings is 2. The van der Waals surface area contributed by atoms with Gasteiger partial charge in [-0.05, 0) is 24.3 Å². The van der Waals surface area contributed by atoms with E-state index in [0.29, 0.717) is 39.1 Å². The van der Waals surface area contributed by atoms with Crippen molar-refractivity contribution in [3.63, 3.8) is 0 Å². The highest BCUT2D eigenvalue weighted by Gasteiger charge is 2.27. The molecule has 6 aromatic rings. The molecular formula is C26H20BrN7O4. The molecule has 1 atom stereocenters. The topological polar surface area (TPSA) is 194 Å². The maximum absolute atomic E-state index is 13.6. The summed E-state index contributed by atoms with van der Waals surface area (Å²) < 4.78 is 0.888. The molecule has 0 bridgehead atoms. The van der Waals surface area contributed by atoms with Crippen LogP contribution in [-0.2, 0) is 11.2 Å². The average molecular weight is 574 g/mol. The minimum atomic E-state index is -1.31. The number of carbonyl (C=O) groups is 2. The predicted molar refractivity (Wildman–Crippen MR) is 140 cm³/mol. The maximum atomic E-state index is 13.6. The number of hydrogen-bond acceptors (Lipinski definition) is 6. The van der Waals surface area contributed by atoms with Gasteiger partial charge in [0.15, 0.2) is 5.82 Å². The fraction of sp³-hybridized carbons (Fsp3) is 0.0769. The lowest BCUT2D eigenvalue weighted by molar-refractivity contribution is -0.358. The zero-order chi connectivity index (χ0) is 26.6. The molecule has 1 unspecified atom stereocenters. The van der Waals surface area contributed by atoms with Gasteiger partial charge in [0.1, 0.15) is 11.4 Å². The Morgan fingerprint density at radius 1 is 1.08 bits per heavy atom. The third-order valence-corrected chi connectivity index (χ3v) is 7.03. The van der Waals surface area contributed by atoms with Crippen LogP contribution in [0.1, 0.15) is 33.5 Å². The van der Waals surface area contributed by atoms with Crippen molar-refractivity contribution in [2.24, 2.45) is 0 Å². The average Bonchev–Trinajstić information content (AvgIpc) is 3.66. The number of rotatable bonds is 7. The summed E-state index contributed by atoms with van der Waals surface area (Å²) in [6.45, 7) is 0. The predicted octanol–water partition coefficient (Wildman–Crippen LogP) is 2.54. The minimum absolute atomic E-state index is 0.0449. The maximum Gasteiger partial charge on any atom is 0.350 e. The number of fused-ring (bicyclic) bond motifs is 2. The van der Waals surface area contributed by atoms with Crippen molar-refractivity contribution in [1.82, 2.24) is 24.9 Å². The van der Waals surface area contributed by atoms with Crippen LogP contribution in [0.4, 0.5) is 5.95 Å². The largest absolute Gasteiger partial charge is 0.549 e. The fourth-order valence-corrected chi connectivity index (χ4v) is 5.07. The van der Waals surface area contributed by atoms with E-state index >= 15 is 0 Å². The Morgan fingerprint density at radius 3 is 2.61 bits per heavy atom. The number of aromatic amines is 5. The van der Waals surface area contributed by atoms with E-state index in [2.05, 4.69) is 45.8 Å². The van der Waals surface area contributed by atoms with E-state index in [1.807, 2.05) is 18.2 Å². The van der Waals surface area contributed by atoms with Crippen LogP contribution in [0.3, 0.4) is 0 Å². The molecule has 38 heavy (non-hydrogen) atoms. The van der Waals surface area contributed by atoms with E-state index in [1.165, 1.54) is 18.3 Å². The van der Waals surface area contributed by atoms with Gasteiger partial charge in [-0.1, -0.05) is 22.0 Å². The summed E-state index contributed by atoms with van der Waals surface area (Å²) in [6, 6.07) is 10.4.